The zero-order chi connectivity index (χ0) is 14.0. The summed E-state index contributed by atoms with van der Waals surface area (Å²) >= 11 is 1.62. The third-order valence-electron chi connectivity index (χ3n) is 2.69. The minimum absolute atomic E-state index is 0.0462. The Labute approximate surface area is 116 Å². The van der Waals surface area contributed by atoms with Crippen molar-refractivity contribution in [1.82, 2.24) is 10.3 Å². The van der Waals surface area contributed by atoms with E-state index in [0.29, 0.717) is 12.3 Å². The molecule has 1 amide bonds. The molecular weight excluding hydrogens is 260 g/mol. The number of hydrogen-bond donors (Lipinski definition) is 1. The Kier molecular flexibility index (Phi) is 3.75. The summed E-state index contributed by atoms with van der Waals surface area (Å²) in [7, 11) is 0. The fourth-order valence-corrected chi connectivity index (χ4v) is 2.50. The van der Waals surface area contributed by atoms with Gasteiger partial charge in [-0.25, -0.2) is 4.98 Å². The molecule has 0 bridgehead atoms. The average molecular weight is 278 g/mol. The zero-order valence-electron chi connectivity index (χ0n) is 11.6. The van der Waals surface area contributed by atoms with Gasteiger partial charge >= 0.3 is 0 Å². The van der Waals surface area contributed by atoms with Crippen LogP contribution >= 0.6 is 11.3 Å². The summed E-state index contributed by atoms with van der Waals surface area (Å²) in [5, 5.41) is 5.88. The number of thiazole rings is 1. The summed E-state index contributed by atoms with van der Waals surface area (Å²) in [6.07, 6.45) is 1.52. The number of nitrogens with zero attached hydrogens (tertiary/aromatic N) is 1. The Morgan fingerprint density at radius 3 is 2.74 bits per heavy atom. The van der Waals surface area contributed by atoms with E-state index in [4.69, 9.17) is 4.42 Å². The van der Waals surface area contributed by atoms with Crippen molar-refractivity contribution in [2.24, 2.45) is 0 Å². The lowest BCUT2D eigenvalue weighted by Gasteiger charge is -2.13. The standard InChI is InChI=1S/C14H18N2O2S/c1-9-5-6-18-11(9)12(17)15-7-10-8-19-13(16-10)14(2,3)4/h5-6,8H,7H2,1-4H3,(H,15,17). The molecular formula is C14H18N2O2S. The molecule has 2 aromatic rings. The molecule has 1 N–H and O–H groups in total. The molecule has 0 saturated heterocycles. The largest absolute Gasteiger partial charge is 0.459 e. The van der Waals surface area contributed by atoms with Gasteiger partial charge in [0, 0.05) is 16.4 Å². The van der Waals surface area contributed by atoms with E-state index in [1.165, 1.54) is 6.26 Å². The van der Waals surface area contributed by atoms with Gasteiger partial charge in [-0.05, 0) is 13.0 Å². The molecule has 0 saturated carbocycles. The van der Waals surface area contributed by atoms with Gasteiger partial charge < -0.3 is 9.73 Å². The zero-order valence-corrected chi connectivity index (χ0v) is 12.4. The number of hydrogen-bond acceptors (Lipinski definition) is 4. The third kappa shape index (κ3) is 3.23. The molecule has 0 aliphatic heterocycles. The second kappa shape index (κ2) is 5.17. The molecule has 0 spiro atoms. The lowest BCUT2D eigenvalue weighted by atomic mass is 9.98. The molecule has 0 aromatic carbocycles. The van der Waals surface area contributed by atoms with Crippen molar-refractivity contribution >= 4 is 17.2 Å². The molecule has 0 aliphatic carbocycles. The van der Waals surface area contributed by atoms with E-state index in [1.54, 1.807) is 17.4 Å². The van der Waals surface area contributed by atoms with E-state index in [0.717, 1.165) is 16.3 Å². The van der Waals surface area contributed by atoms with Crippen LogP contribution in [0, 0.1) is 6.92 Å². The van der Waals surface area contributed by atoms with Crippen LogP contribution in [0.5, 0.6) is 0 Å². The Morgan fingerprint density at radius 2 is 2.21 bits per heavy atom. The maximum atomic E-state index is 11.9. The smallest absolute Gasteiger partial charge is 0.287 e. The maximum absolute atomic E-state index is 11.9. The van der Waals surface area contributed by atoms with Gasteiger partial charge in [-0.15, -0.1) is 11.3 Å². The maximum Gasteiger partial charge on any atom is 0.287 e. The third-order valence-corrected chi connectivity index (χ3v) is 4.01. The predicted molar refractivity (Wildman–Crippen MR) is 75.4 cm³/mol. The highest BCUT2D eigenvalue weighted by Crippen LogP contribution is 2.25. The Bertz CT molecular complexity index is 578. The van der Waals surface area contributed by atoms with Gasteiger partial charge in [-0.1, -0.05) is 20.8 Å². The quantitative estimate of drug-likeness (QED) is 0.937. The summed E-state index contributed by atoms with van der Waals surface area (Å²) < 4.78 is 5.14. The lowest BCUT2D eigenvalue weighted by molar-refractivity contribution is 0.0922. The number of rotatable bonds is 3. The van der Waals surface area contributed by atoms with Gasteiger partial charge in [0.05, 0.1) is 23.5 Å². The van der Waals surface area contributed by atoms with Crippen LogP contribution in [0.4, 0.5) is 0 Å². The highest BCUT2D eigenvalue weighted by molar-refractivity contribution is 7.09. The molecule has 0 unspecified atom stereocenters. The molecule has 102 valence electrons. The molecule has 0 atom stereocenters. The van der Waals surface area contributed by atoms with E-state index in [9.17, 15) is 4.79 Å². The molecule has 2 rings (SSSR count). The summed E-state index contributed by atoms with van der Waals surface area (Å²) in [4.78, 5) is 16.4. The molecule has 0 fully saturated rings. The molecule has 19 heavy (non-hydrogen) atoms. The van der Waals surface area contributed by atoms with Crippen LogP contribution in [0.3, 0.4) is 0 Å². The first-order chi connectivity index (χ1) is 8.88. The highest BCUT2D eigenvalue weighted by Gasteiger charge is 2.18. The number of carbonyl (C=O) groups is 1. The van der Waals surface area contributed by atoms with Gasteiger partial charge in [-0.3, -0.25) is 4.79 Å². The fraction of sp³-hybridized carbons (Fsp3) is 0.429. The Hall–Kier alpha value is -1.62. The van der Waals surface area contributed by atoms with Gasteiger partial charge in [0.1, 0.15) is 0 Å². The first kappa shape index (κ1) is 13.8. The minimum atomic E-state index is -0.201. The van der Waals surface area contributed by atoms with Gasteiger partial charge in [0.15, 0.2) is 5.76 Å². The van der Waals surface area contributed by atoms with Crippen molar-refractivity contribution in [1.29, 1.82) is 0 Å². The summed E-state index contributed by atoms with van der Waals surface area (Å²) in [6, 6.07) is 1.77. The van der Waals surface area contributed by atoms with Crippen LogP contribution in [0.2, 0.25) is 0 Å². The molecule has 0 radical (unpaired) electrons. The lowest BCUT2D eigenvalue weighted by Crippen LogP contribution is -2.23. The average Bonchev–Trinajstić information content (AvgIpc) is 2.93. The molecule has 2 heterocycles. The number of carbonyl (C=O) groups excluding carboxylic acids is 1. The van der Waals surface area contributed by atoms with Crippen molar-refractivity contribution in [3.63, 3.8) is 0 Å². The number of furan rings is 1. The van der Waals surface area contributed by atoms with E-state index >= 15 is 0 Å². The van der Waals surface area contributed by atoms with Crippen molar-refractivity contribution < 1.29 is 9.21 Å². The van der Waals surface area contributed by atoms with Gasteiger partial charge in [-0.2, -0.15) is 0 Å². The van der Waals surface area contributed by atoms with E-state index in [2.05, 4.69) is 31.1 Å². The van der Waals surface area contributed by atoms with Gasteiger partial charge in [0.25, 0.3) is 5.91 Å². The number of amides is 1. The Balaban J connectivity index is 1.98. The number of aromatic nitrogens is 1. The molecule has 4 nitrogen and oxygen atoms in total. The van der Waals surface area contributed by atoms with Crippen LogP contribution in [0.1, 0.15) is 47.6 Å². The SMILES string of the molecule is Cc1ccoc1C(=O)NCc1csc(C(C)(C)C)n1. The first-order valence-electron chi connectivity index (χ1n) is 6.15. The Morgan fingerprint density at radius 1 is 1.47 bits per heavy atom. The number of aryl methyl sites for hydroxylation is 1. The van der Waals surface area contributed by atoms with E-state index in [1.807, 2.05) is 12.3 Å². The van der Waals surface area contributed by atoms with Crippen LogP contribution in [0.25, 0.3) is 0 Å². The van der Waals surface area contributed by atoms with Crippen molar-refractivity contribution in [3.05, 3.63) is 39.7 Å². The van der Waals surface area contributed by atoms with Crippen LogP contribution < -0.4 is 5.32 Å². The highest BCUT2D eigenvalue weighted by atomic mass is 32.1. The summed E-state index contributed by atoms with van der Waals surface area (Å²) in [5.74, 6) is 0.166. The molecule has 2 aromatic heterocycles. The van der Waals surface area contributed by atoms with Crippen molar-refractivity contribution in [2.45, 2.75) is 39.7 Å². The van der Waals surface area contributed by atoms with E-state index < -0.39 is 0 Å². The van der Waals surface area contributed by atoms with Crippen molar-refractivity contribution in [3.8, 4) is 0 Å². The topological polar surface area (TPSA) is 55.1 Å². The van der Waals surface area contributed by atoms with Gasteiger partial charge in [0.2, 0.25) is 0 Å². The van der Waals surface area contributed by atoms with E-state index in [-0.39, 0.29) is 11.3 Å². The molecule has 0 aliphatic rings. The minimum Gasteiger partial charge on any atom is -0.459 e. The predicted octanol–water partition coefficient (Wildman–Crippen LogP) is 3.27. The summed E-state index contributed by atoms with van der Waals surface area (Å²) in [6.45, 7) is 8.64. The number of nitrogens with one attached hydrogen (secondary N) is 1. The molecule has 5 heteroatoms. The van der Waals surface area contributed by atoms with Crippen LogP contribution in [-0.2, 0) is 12.0 Å². The monoisotopic (exact) mass is 278 g/mol. The fourth-order valence-electron chi connectivity index (χ4n) is 1.59. The van der Waals surface area contributed by atoms with Crippen LogP contribution in [0.15, 0.2) is 22.1 Å². The second-order valence-electron chi connectivity index (χ2n) is 5.51. The summed E-state index contributed by atoms with van der Waals surface area (Å²) in [5.41, 5.74) is 1.77. The normalized spacial score (nSPS) is 11.6. The van der Waals surface area contributed by atoms with Crippen molar-refractivity contribution in [2.75, 3.05) is 0 Å². The first-order valence-corrected chi connectivity index (χ1v) is 7.03. The second-order valence-corrected chi connectivity index (χ2v) is 6.37. The van der Waals surface area contributed by atoms with Crippen LogP contribution in [-0.4, -0.2) is 10.9 Å².